The van der Waals surface area contributed by atoms with Gasteiger partial charge in [0.2, 0.25) is 18.6 Å². The summed E-state index contributed by atoms with van der Waals surface area (Å²) in [4.78, 5) is 3.45. The number of pyridine rings is 1. The van der Waals surface area contributed by atoms with Crippen molar-refractivity contribution in [3.8, 4) is 23.3 Å². The molecule has 1 aliphatic heterocycles. The summed E-state index contributed by atoms with van der Waals surface area (Å²) in [5.74, 6) is 1.29. The molecule has 0 aliphatic carbocycles. The topological polar surface area (TPSA) is 104 Å². The van der Waals surface area contributed by atoms with Crippen LogP contribution in [0.5, 0.6) is 23.3 Å². The van der Waals surface area contributed by atoms with Crippen LogP contribution >= 0.6 is 0 Å². The summed E-state index contributed by atoms with van der Waals surface area (Å²) in [6, 6.07) is 7.11. The van der Waals surface area contributed by atoms with Crippen LogP contribution in [0.3, 0.4) is 0 Å². The van der Waals surface area contributed by atoms with Crippen molar-refractivity contribution in [1.82, 2.24) is 4.98 Å². The third-order valence-electron chi connectivity index (χ3n) is 3.31. The average molecular weight is 320 g/mol. The Labute approximate surface area is 134 Å². The highest BCUT2D eigenvalue weighted by Gasteiger charge is 2.12. The van der Waals surface area contributed by atoms with E-state index in [4.69, 9.17) is 24.8 Å². The van der Waals surface area contributed by atoms with Gasteiger partial charge in [-0.1, -0.05) is 0 Å². The van der Waals surface area contributed by atoms with Crippen LogP contribution in [-0.4, -0.2) is 40.2 Å². The Morgan fingerprint density at radius 3 is 2.57 bits per heavy atom. The summed E-state index contributed by atoms with van der Waals surface area (Å²) in [7, 11) is 0. The Hall–Kier alpha value is -2.67. The van der Waals surface area contributed by atoms with Crippen LogP contribution in [0.1, 0.15) is 11.1 Å². The highest BCUT2D eigenvalue weighted by molar-refractivity contribution is 5.55. The van der Waals surface area contributed by atoms with Crippen LogP contribution in [0.4, 0.5) is 5.69 Å². The molecule has 1 aromatic carbocycles. The lowest BCUT2D eigenvalue weighted by Crippen LogP contribution is -2.04. The van der Waals surface area contributed by atoms with E-state index in [9.17, 15) is 0 Å². The number of aryl methyl sites for hydroxylation is 1. The first-order valence-electron chi connectivity index (χ1n) is 7.12. The lowest BCUT2D eigenvalue weighted by atomic mass is 10.2. The fraction of sp³-hybridized carbons (Fsp3) is 0.312. The van der Waals surface area contributed by atoms with Crippen molar-refractivity contribution in [3.05, 3.63) is 35.4 Å². The minimum Gasteiger partial charge on any atom is -0.493 e. The fourth-order valence-corrected chi connectivity index (χ4v) is 1.91. The number of aromatic hydroxyl groups is 2. The number of ether oxygens (including phenoxy) is 2. The third-order valence-corrected chi connectivity index (χ3v) is 3.31. The normalized spacial score (nSPS) is 11.6. The van der Waals surface area contributed by atoms with E-state index in [1.807, 2.05) is 18.2 Å². The van der Waals surface area contributed by atoms with Gasteiger partial charge in [-0.25, -0.2) is 0 Å². The van der Waals surface area contributed by atoms with E-state index < -0.39 is 0 Å². The molecule has 0 fully saturated rings. The fourth-order valence-electron chi connectivity index (χ4n) is 1.91. The van der Waals surface area contributed by atoms with Crippen molar-refractivity contribution in [2.24, 2.45) is 0 Å². The minimum atomic E-state index is -0.138. The van der Waals surface area contributed by atoms with E-state index in [-0.39, 0.29) is 18.4 Å². The van der Waals surface area contributed by atoms with E-state index >= 15 is 0 Å². The molecule has 3 rings (SSSR count). The first-order valence-corrected chi connectivity index (χ1v) is 7.12. The Morgan fingerprint density at radius 1 is 1.13 bits per heavy atom. The number of nitrogens with one attached hydrogen (secondary N) is 1. The molecule has 1 aliphatic rings. The van der Waals surface area contributed by atoms with Gasteiger partial charge in [-0.3, -0.25) is 0 Å². The van der Waals surface area contributed by atoms with Crippen LogP contribution in [0.25, 0.3) is 0 Å². The zero-order chi connectivity index (χ0) is 16.8. The molecule has 0 spiro atoms. The summed E-state index contributed by atoms with van der Waals surface area (Å²) in [5, 5.41) is 29.5. The molecule has 0 atom stereocenters. The molecule has 0 unspecified atom stereocenters. The minimum absolute atomic E-state index is 0.0995. The van der Waals surface area contributed by atoms with Gasteiger partial charge in [-0.15, -0.1) is 0 Å². The summed E-state index contributed by atoms with van der Waals surface area (Å²) >= 11 is 0. The molecule has 2 heterocycles. The number of aliphatic hydroxyl groups is 1. The van der Waals surface area contributed by atoms with E-state index in [1.165, 1.54) is 6.07 Å². The smallest absolute Gasteiger partial charge is 0.231 e. The molecule has 1 aromatic heterocycles. The van der Waals surface area contributed by atoms with Gasteiger partial charge in [0.15, 0.2) is 11.5 Å². The standard InChI is InChI=1S/C9H11NO3.C7H9NO2/c11-4-3-10-7-1-2-8-9(5-7)13-6-12-8;1-4-3-6(9)8-7(10)5(4)2/h1-2,5,10-11H,3-4,6H2;3H,1-2H3,(H2,8,9,10). The van der Waals surface area contributed by atoms with Crippen molar-refractivity contribution >= 4 is 5.69 Å². The first-order chi connectivity index (χ1) is 11.0. The summed E-state index contributed by atoms with van der Waals surface area (Å²) < 4.78 is 10.4. The molecule has 124 valence electrons. The number of anilines is 1. The van der Waals surface area contributed by atoms with Crippen molar-refractivity contribution in [3.63, 3.8) is 0 Å². The van der Waals surface area contributed by atoms with Crippen LogP contribution in [0, 0.1) is 13.8 Å². The number of rotatable bonds is 3. The Morgan fingerprint density at radius 2 is 1.87 bits per heavy atom. The largest absolute Gasteiger partial charge is 0.493 e. The molecule has 0 amide bonds. The van der Waals surface area contributed by atoms with Crippen LogP contribution in [-0.2, 0) is 0 Å². The maximum Gasteiger partial charge on any atom is 0.231 e. The van der Waals surface area contributed by atoms with Crippen molar-refractivity contribution in [1.29, 1.82) is 0 Å². The predicted octanol–water partition coefficient (Wildman–Crippen LogP) is 1.93. The Balaban J connectivity index is 0.000000174. The second-order valence-electron chi connectivity index (χ2n) is 4.96. The van der Waals surface area contributed by atoms with E-state index in [2.05, 4.69) is 10.3 Å². The first kappa shape index (κ1) is 16.7. The number of fused-ring (bicyclic) bond motifs is 1. The van der Waals surface area contributed by atoms with Gasteiger partial charge in [0, 0.05) is 29.9 Å². The van der Waals surface area contributed by atoms with Gasteiger partial charge in [-0.05, 0) is 31.5 Å². The molecular formula is C16H20N2O5. The predicted molar refractivity (Wildman–Crippen MR) is 85.2 cm³/mol. The van der Waals surface area contributed by atoms with Crippen molar-refractivity contribution in [2.45, 2.75) is 13.8 Å². The number of aromatic nitrogens is 1. The molecule has 4 N–H and O–H groups in total. The summed E-state index contributed by atoms with van der Waals surface area (Å²) in [5.41, 5.74) is 2.47. The highest BCUT2D eigenvalue weighted by Crippen LogP contribution is 2.34. The van der Waals surface area contributed by atoms with Crippen molar-refractivity contribution < 1.29 is 24.8 Å². The van der Waals surface area contributed by atoms with Crippen LogP contribution < -0.4 is 14.8 Å². The molecule has 0 saturated heterocycles. The van der Waals surface area contributed by atoms with Gasteiger partial charge in [0.1, 0.15) is 0 Å². The number of hydrogen-bond donors (Lipinski definition) is 4. The Kier molecular flexibility index (Phi) is 5.48. The SMILES string of the molecule is Cc1cc(O)nc(O)c1C.OCCNc1ccc2c(c1)OCO2. The second kappa shape index (κ2) is 7.55. The van der Waals surface area contributed by atoms with Gasteiger partial charge >= 0.3 is 0 Å². The molecule has 2 aromatic rings. The molecule has 0 saturated carbocycles. The number of nitrogens with zero attached hydrogens (tertiary/aromatic N) is 1. The average Bonchev–Trinajstić information content (AvgIpc) is 2.98. The second-order valence-corrected chi connectivity index (χ2v) is 4.96. The third kappa shape index (κ3) is 4.40. The molecule has 0 radical (unpaired) electrons. The summed E-state index contributed by atoms with van der Waals surface area (Å²) in [6.45, 7) is 4.50. The van der Waals surface area contributed by atoms with Gasteiger partial charge in [0.05, 0.1) is 6.61 Å². The maximum atomic E-state index is 9.01. The van der Waals surface area contributed by atoms with E-state index in [0.29, 0.717) is 18.9 Å². The van der Waals surface area contributed by atoms with Crippen LogP contribution in [0.2, 0.25) is 0 Å². The lowest BCUT2D eigenvalue weighted by molar-refractivity contribution is 0.174. The zero-order valence-corrected chi connectivity index (χ0v) is 13.0. The number of aliphatic hydroxyl groups excluding tert-OH is 1. The quantitative estimate of drug-likeness (QED) is 0.685. The number of benzene rings is 1. The van der Waals surface area contributed by atoms with E-state index in [0.717, 1.165) is 22.7 Å². The van der Waals surface area contributed by atoms with Gasteiger partial charge in [0.25, 0.3) is 0 Å². The monoisotopic (exact) mass is 320 g/mol. The molecule has 0 bridgehead atoms. The maximum absolute atomic E-state index is 9.01. The summed E-state index contributed by atoms with van der Waals surface area (Å²) in [6.07, 6.45) is 0. The van der Waals surface area contributed by atoms with Crippen molar-refractivity contribution in [2.75, 3.05) is 25.3 Å². The Bertz CT molecular complexity index is 653. The zero-order valence-electron chi connectivity index (χ0n) is 13.0. The highest BCUT2D eigenvalue weighted by atomic mass is 16.7. The molecule has 7 heteroatoms. The van der Waals surface area contributed by atoms with Gasteiger partial charge in [-0.2, -0.15) is 4.98 Å². The van der Waals surface area contributed by atoms with E-state index in [1.54, 1.807) is 13.8 Å². The number of hydrogen-bond acceptors (Lipinski definition) is 7. The lowest BCUT2D eigenvalue weighted by Gasteiger charge is -2.04. The van der Waals surface area contributed by atoms with Gasteiger partial charge < -0.3 is 30.1 Å². The molecular weight excluding hydrogens is 300 g/mol. The molecule has 7 nitrogen and oxygen atoms in total. The molecule has 23 heavy (non-hydrogen) atoms. The van der Waals surface area contributed by atoms with Crippen LogP contribution in [0.15, 0.2) is 24.3 Å².